The summed E-state index contributed by atoms with van der Waals surface area (Å²) in [4.78, 5) is 17.0. The predicted octanol–water partition coefficient (Wildman–Crippen LogP) is 2.39. The minimum Gasteiger partial charge on any atom is -0.491 e. The maximum atomic E-state index is 12.2. The lowest BCUT2D eigenvalue weighted by atomic mass is 10.2. The second-order valence-electron chi connectivity index (χ2n) is 5.19. The lowest BCUT2D eigenvalue weighted by molar-refractivity contribution is 0.0679. The molecule has 0 radical (unpaired) electrons. The van der Waals surface area contributed by atoms with E-state index in [9.17, 15) is 4.79 Å². The summed E-state index contributed by atoms with van der Waals surface area (Å²) >= 11 is 1.43. The van der Waals surface area contributed by atoms with Gasteiger partial charge in [0.05, 0.1) is 6.10 Å². The Morgan fingerprint density at radius 3 is 3.18 bits per heavy atom. The van der Waals surface area contributed by atoms with E-state index in [1.807, 2.05) is 35.3 Å². The maximum Gasteiger partial charge on any atom is 0.279 e. The van der Waals surface area contributed by atoms with Crippen molar-refractivity contribution in [3.8, 4) is 5.75 Å². The highest BCUT2D eigenvalue weighted by Crippen LogP contribution is 2.17. The number of hydrogen-bond donors (Lipinski definition) is 0. The van der Waals surface area contributed by atoms with Gasteiger partial charge < -0.3 is 14.0 Å². The summed E-state index contributed by atoms with van der Waals surface area (Å²) in [5.41, 5.74) is 0.526. The van der Waals surface area contributed by atoms with Crippen LogP contribution in [-0.4, -0.2) is 29.8 Å². The third kappa shape index (κ3) is 3.64. The first-order valence-corrected chi connectivity index (χ1v) is 8.14. The molecule has 0 N–H and O–H groups in total. The van der Waals surface area contributed by atoms with Crippen molar-refractivity contribution in [2.75, 3.05) is 13.2 Å². The quantitative estimate of drug-likeness (QED) is 0.870. The molecule has 6 heteroatoms. The molecule has 3 rings (SSSR count). The molecule has 0 bridgehead atoms. The Bertz CT molecular complexity index is 714. The molecule has 5 nitrogen and oxygen atoms in total. The van der Waals surface area contributed by atoms with Crippen molar-refractivity contribution >= 4 is 17.2 Å². The van der Waals surface area contributed by atoms with Gasteiger partial charge in [0.25, 0.3) is 5.91 Å². The molecule has 1 fully saturated rings. The van der Waals surface area contributed by atoms with Gasteiger partial charge in [-0.25, -0.2) is 0 Å². The molecule has 1 saturated heterocycles. The van der Waals surface area contributed by atoms with Crippen molar-refractivity contribution in [2.24, 2.45) is 12.0 Å². The summed E-state index contributed by atoms with van der Waals surface area (Å²) in [6.45, 7) is 1.33. The van der Waals surface area contributed by atoms with E-state index < -0.39 is 0 Å². The zero-order valence-corrected chi connectivity index (χ0v) is 13.2. The first kappa shape index (κ1) is 15.0. The van der Waals surface area contributed by atoms with Crippen LogP contribution in [0.1, 0.15) is 23.2 Å². The molecule has 116 valence electrons. The second kappa shape index (κ2) is 6.89. The van der Waals surface area contributed by atoms with E-state index >= 15 is 0 Å². The second-order valence-corrected chi connectivity index (χ2v) is 6.06. The van der Waals surface area contributed by atoms with Crippen molar-refractivity contribution < 1.29 is 14.3 Å². The number of benzene rings is 1. The van der Waals surface area contributed by atoms with Gasteiger partial charge >= 0.3 is 0 Å². The Morgan fingerprint density at radius 1 is 1.55 bits per heavy atom. The van der Waals surface area contributed by atoms with Crippen molar-refractivity contribution in [3.63, 3.8) is 0 Å². The highest BCUT2D eigenvalue weighted by Gasteiger charge is 2.16. The number of hydrogen-bond acceptors (Lipinski definition) is 4. The van der Waals surface area contributed by atoms with E-state index in [0.717, 1.165) is 19.4 Å². The van der Waals surface area contributed by atoms with Crippen molar-refractivity contribution in [3.05, 3.63) is 46.2 Å². The van der Waals surface area contributed by atoms with Gasteiger partial charge in [0, 0.05) is 30.8 Å². The number of thiazole rings is 1. The number of ether oxygens (including phenoxy) is 2. The van der Waals surface area contributed by atoms with Crippen LogP contribution >= 0.6 is 11.3 Å². The number of aromatic nitrogens is 1. The standard InChI is InChI=1S/C16H18N2O3S/c1-18-7-9-22-16(18)17-15(19)12-4-2-5-13(10-12)21-11-14-6-3-8-20-14/h2,4-5,7,9-10,14H,3,6,8,11H2,1H3. The van der Waals surface area contributed by atoms with Crippen LogP contribution in [0, 0.1) is 0 Å². The van der Waals surface area contributed by atoms with Crippen LogP contribution < -0.4 is 9.54 Å². The Balaban J connectivity index is 1.70. The minimum atomic E-state index is -0.263. The first-order valence-electron chi connectivity index (χ1n) is 7.26. The summed E-state index contributed by atoms with van der Waals surface area (Å²) in [5.74, 6) is 0.410. The summed E-state index contributed by atoms with van der Waals surface area (Å²) in [6, 6.07) is 7.13. The molecule has 22 heavy (non-hydrogen) atoms. The molecule has 0 spiro atoms. The van der Waals surface area contributed by atoms with Crippen LogP contribution in [0.2, 0.25) is 0 Å². The minimum absolute atomic E-state index is 0.161. The molecule has 1 aliphatic rings. The fraction of sp³-hybridized carbons (Fsp3) is 0.375. The fourth-order valence-electron chi connectivity index (χ4n) is 2.27. The predicted molar refractivity (Wildman–Crippen MR) is 84.1 cm³/mol. The third-order valence-electron chi connectivity index (χ3n) is 3.50. The largest absolute Gasteiger partial charge is 0.491 e. The van der Waals surface area contributed by atoms with Gasteiger partial charge in [0.1, 0.15) is 12.4 Å². The molecule has 0 aliphatic carbocycles. The average Bonchev–Trinajstić information content (AvgIpc) is 3.18. The monoisotopic (exact) mass is 318 g/mol. The molecule has 0 saturated carbocycles. The summed E-state index contributed by atoms with van der Waals surface area (Å²) in [5, 5.41) is 1.90. The van der Waals surface area contributed by atoms with Crippen LogP contribution in [0.3, 0.4) is 0 Å². The Morgan fingerprint density at radius 2 is 2.45 bits per heavy atom. The van der Waals surface area contributed by atoms with Gasteiger partial charge in [-0.1, -0.05) is 6.07 Å². The van der Waals surface area contributed by atoms with Crippen LogP contribution in [0.4, 0.5) is 0 Å². The van der Waals surface area contributed by atoms with Gasteiger partial charge in [0.15, 0.2) is 4.80 Å². The molecule has 1 unspecified atom stereocenters. The van der Waals surface area contributed by atoms with E-state index in [2.05, 4.69) is 4.99 Å². The number of aryl methyl sites for hydroxylation is 1. The fourth-order valence-corrected chi connectivity index (χ4v) is 3.00. The topological polar surface area (TPSA) is 52.8 Å². The molecule has 2 aromatic rings. The van der Waals surface area contributed by atoms with E-state index in [1.54, 1.807) is 12.1 Å². The van der Waals surface area contributed by atoms with E-state index in [-0.39, 0.29) is 12.0 Å². The van der Waals surface area contributed by atoms with Crippen LogP contribution in [0.5, 0.6) is 5.75 Å². The first-order chi connectivity index (χ1) is 10.7. The Labute approximate surface area is 132 Å². The highest BCUT2D eigenvalue weighted by atomic mass is 32.1. The summed E-state index contributed by atoms with van der Waals surface area (Å²) < 4.78 is 13.1. The van der Waals surface area contributed by atoms with Gasteiger partial charge in [-0.3, -0.25) is 4.79 Å². The third-order valence-corrected chi connectivity index (χ3v) is 4.35. The van der Waals surface area contributed by atoms with Gasteiger partial charge in [-0.15, -0.1) is 11.3 Å². The number of carbonyl (C=O) groups excluding carboxylic acids is 1. The van der Waals surface area contributed by atoms with Crippen LogP contribution in [0.15, 0.2) is 40.8 Å². The molecule has 1 aromatic carbocycles. The summed E-state index contributed by atoms with van der Waals surface area (Å²) in [7, 11) is 1.86. The SMILES string of the molecule is Cn1ccsc1=NC(=O)c1cccc(OCC2CCCO2)c1. The van der Waals surface area contributed by atoms with Crippen molar-refractivity contribution in [1.82, 2.24) is 4.57 Å². The number of nitrogens with zero attached hydrogens (tertiary/aromatic N) is 2. The van der Waals surface area contributed by atoms with E-state index in [0.29, 0.717) is 22.7 Å². The molecule has 1 amide bonds. The zero-order chi connectivity index (χ0) is 15.4. The highest BCUT2D eigenvalue weighted by molar-refractivity contribution is 7.07. The maximum absolute atomic E-state index is 12.2. The number of rotatable bonds is 4. The zero-order valence-electron chi connectivity index (χ0n) is 12.4. The lowest BCUT2D eigenvalue weighted by Gasteiger charge is -2.11. The summed E-state index contributed by atoms with van der Waals surface area (Å²) in [6.07, 6.45) is 4.15. The molecular formula is C16H18N2O3S. The van der Waals surface area contributed by atoms with Crippen LogP contribution in [0.25, 0.3) is 0 Å². The van der Waals surface area contributed by atoms with E-state index in [4.69, 9.17) is 9.47 Å². The average molecular weight is 318 g/mol. The molecule has 1 aliphatic heterocycles. The van der Waals surface area contributed by atoms with Crippen molar-refractivity contribution in [2.45, 2.75) is 18.9 Å². The Kier molecular flexibility index (Phi) is 4.70. The Hall–Kier alpha value is -1.92. The van der Waals surface area contributed by atoms with Gasteiger partial charge in [0.2, 0.25) is 0 Å². The lowest BCUT2D eigenvalue weighted by Crippen LogP contribution is -2.16. The van der Waals surface area contributed by atoms with E-state index in [1.165, 1.54) is 11.3 Å². The molecule has 1 atom stereocenters. The molecule has 1 aromatic heterocycles. The number of carbonyl (C=O) groups is 1. The molecular weight excluding hydrogens is 300 g/mol. The normalized spacial score (nSPS) is 18.6. The van der Waals surface area contributed by atoms with Crippen LogP contribution in [-0.2, 0) is 11.8 Å². The number of amides is 1. The van der Waals surface area contributed by atoms with Gasteiger partial charge in [-0.05, 0) is 31.0 Å². The molecule has 2 heterocycles. The smallest absolute Gasteiger partial charge is 0.279 e. The van der Waals surface area contributed by atoms with Gasteiger partial charge in [-0.2, -0.15) is 4.99 Å². The van der Waals surface area contributed by atoms with Crippen molar-refractivity contribution in [1.29, 1.82) is 0 Å².